The summed E-state index contributed by atoms with van der Waals surface area (Å²) in [5, 5.41) is 2.58. The van der Waals surface area contributed by atoms with Gasteiger partial charge in [-0.2, -0.15) is 0 Å². The van der Waals surface area contributed by atoms with Crippen molar-refractivity contribution in [3.63, 3.8) is 0 Å². The van der Waals surface area contributed by atoms with E-state index in [-0.39, 0.29) is 21.5 Å². The molecule has 1 heterocycles. The molecular formula is C18H14Cl2N2O3. The molecule has 0 unspecified atom stereocenters. The summed E-state index contributed by atoms with van der Waals surface area (Å²) < 4.78 is 5.92. The molecule has 3 amide bonds. The number of carbonyl (C=O) groups excluding carboxylic acids is 2. The molecule has 0 spiro atoms. The summed E-state index contributed by atoms with van der Waals surface area (Å²) in [4.78, 5) is 24.6. The number of nitrogens with zero attached hydrogens (tertiary/aromatic N) is 1. The zero-order valence-electron chi connectivity index (χ0n) is 13.5. The highest BCUT2D eigenvalue weighted by molar-refractivity contribution is 6.38. The number of carbonyl (C=O) groups is 2. The van der Waals surface area contributed by atoms with Crippen molar-refractivity contribution in [1.82, 2.24) is 5.32 Å². The number of hydrogen-bond acceptors (Lipinski definition) is 3. The van der Waals surface area contributed by atoms with Gasteiger partial charge in [0.25, 0.3) is 5.91 Å². The fourth-order valence-corrected chi connectivity index (χ4v) is 3.11. The van der Waals surface area contributed by atoms with Gasteiger partial charge in [0.05, 0.1) is 15.7 Å². The second-order valence-electron chi connectivity index (χ2n) is 5.60. The quantitative estimate of drug-likeness (QED) is 0.607. The number of para-hydroxylation sites is 1. The average molecular weight is 377 g/mol. The van der Waals surface area contributed by atoms with Crippen LogP contribution in [-0.2, 0) is 4.79 Å². The third-order valence-corrected chi connectivity index (χ3v) is 4.37. The van der Waals surface area contributed by atoms with E-state index in [0.717, 1.165) is 16.0 Å². The molecule has 1 aliphatic heterocycles. The number of benzene rings is 2. The van der Waals surface area contributed by atoms with Crippen LogP contribution < -0.4 is 15.0 Å². The molecule has 1 saturated heterocycles. The van der Waals surface area contributed by atoms with E-state index in [4.69, 9.17) is 27.9 Å². The molecule has 2 aromatic carbocycles. The number of nitrogens with one attached hydrogen (secondary N) is 1. The molecule has 0 saturated carbocycles. The van der Waals surface area contributed by atoms with Crippen molar-refractivity contribution in [2.24, 2.45) is 0 Å². The normalized spacial score (nSPS) is 14.1. The van der Waals surface area contributed by atoms with Gasteiger partial charge in [0, 0.05) is 0 Å². The summed E-state index contributed by atoms with van der Waals surface area (Å²) in [5.41, 5.74) is 2.21. The molecule has 2 aromatic rings. The molecule has 0 bridgehead atoms. The van der Waals surface area contributed by atoms with Crippen molar-refractivity contribution in [3.8, 4) is 11.5 Å². The zero-order valence-corrected chi connectivity index (χ0v) is 15.0. The van der Waals surface area contributed by atoms with Crippen LogP contribution >= 0.6 is 23.2 Å². The lowest BCUT2D eigenvalue weighted by atomic mass is 10.1. The molecule has 0 atom stereocenters. The molecule has 0 radical (unpaired) electrons. The number of imide groups is 1. The van der Waals surface area contributed by atoms with Crippen molar-refractivity contribution >= 4 is 40.8 Å². The van der Waals surface area contributed by atoms with Crippen LogP contribution in [0.5, 0.6) is 11.5 Å². The van der Waals surface area contributed by atoms with Gasteiger partial charge in [-0.3, -0.25) is 15.0 Å². The van der Waals surface area contributed by atoms with Crippen LogP contribution in [0.25, 0.3) is 0 Å². The van der Waals surface area contributed by atoms with Gasteiger partial charge >= 0.3 is 6.03 Å². The first-order valence-corrected chi connectivity index (χ1v) is 8.12. The van der Waals surface area contributed by atoms with Crippen LogP contribution in [0.1, 0.15) is 11.1 Å². The Morgan fingerprint density at radius 3 is 2.08 bits per heavy atom. The van der Waals surface area contributed by atoms with Crippen molar-refractivity contribution in [2.75, 3.05) is 4.90 Å². The van der Waals surface area contributed by atoms with Gasteiger partial charge < -0.3 is 4.74 Å². The summed E-state index contributed by atoms with van der Waals surface area (Å²) in [6.45, 7) is 7.43. The summed E-state index contributed by atoms with van der Waals surface area (Å²) in [6.07, 6.45) is 0. The molecule has 0 aromatic heterocycles. The monoisotopic (exact) mass is 376 g/mol. The number of aryl methyl sites for hydroxylation is 2. The van der Waals surface area contributed by atoms with Gasteiger partial charge in [0.15, 0.2) is 5.75 Å². The van der Waals surface area contributed by atoms with Crippen molar-refractivity contribution in [3.05, 3.63) is 63.8 Å². The van der Waals surface area contributed by atoms with Gasteiger partial charge in [-0.1, -0.05) is 48.0 Å². The van der Waals surface area contributed by atoms with Crippen LogP contribution in [0.3, 0.4) is 0 Å². The summed E-state index contributed by atoms with van der Waals surface area (Å²) in [6, 6.07) is 8.16. The Hall–Kier alpha value is -2.50. The second-order valence-corrected chi connectivity index (χ2v) is 6.42. The predicted molar refractivity (Wildman–Crippen MR) is 97.6 cm³/mol. The van der Waals surface area contributed by atoms with E-state index in [1.54, 1.807) is 0 Å². The second kappa shape index (κ2) is 6.43. The van der Waals surface area contributed by atoms with Gasteiger partial charge in [-0.05, 0) is 37.1 Å². The SMILES string of the molecule is C=C1C(=O)NC(=O)N1c1cc(Cl)c(Oc2c(C)cccc2C)c(Cl)c1. The molecule has 25 heavy (non-hydrogen) atoms. The maximum atomic E-state index is 11.9. The van der Waals surface area contributed by atoms with E-state index in [9.17, 15) is 9.59 Å². The first-order chi connectivity index (χ1) is 11.8. The van der Waals surface area contributed by atoms with Gasteiger partial charge in [0.2, 0.25) is 0 Å². The number of hydrogen-bond donors (Lipinski definition) is 1. The Balaban J connectivity index is 2.00. The fourth-order valence-electron chi connectivity index (χ4n) is 2.56. The van der Waals surface area contributed by atoms with E-state index in [1.165, 1.54) is 12.1 Å². The van der Waals surface area contributed by atoms with Crippen LogP contribution in [0.4, 0.5) is 10.5 Å². The summed E-state index contributed by atoms with van der Waals surface area (Å²) in [7, 11) is 0. The minimum absolute atomic E-state index is 0.000509. The number of ether oxygens (including phenoxy) is 1. The third-order valence-electron chi connectivity index (χ3n) is 3.81. The average Bonchev–Trinajstić information content (AvgIpc) is 2.78. The van der Waals surface area contributed by atoms with Crippen molar-refractivity contribution < 1.29 is 14.3 Å². The van der Waals surface area contributed by atoms with Gasteiger partial charge in [-0.25, -0.2) is 4.79 Å². The van der Waals surface area contributed by atoms with Gasteiger partial charge in [0.1, 0.15) is 11.4 Å². The predicted octanol–water partition coefficient (Wildman–Crippen LogP) is 4.97. The lowest BCUT2D eigenvalue weighted by molar-refractivity contribution is -0.115. The maximum Gasteiger partial charge on any atom is 0.333 e. The third kappa shape index (κ3) is 3.08. The van der Waals surface area contributed by atoms with Crippen molar-refractivity contribution in [1.29, 1.82) is 0 Å². The maximum absolute atomic E-state index is 11.9. The van der Waals surface area contributed by atoms with Gasteiger partial charge in [-0.15, -0.1) is 0 Å². The standard InChI is InChI=1S/C18H14Cl2N2O3/c1-9-5-4-6-10(2)15(9)25-16-13(19)7-12(8-14(16)20)22-11(3)17(23)21-18(22)24/h4-8H,3H2,1-2H3,(H,21,23,24). The Kier molecular flexibility index (Phi) is 4.45. The van der Waals surface area contributed by atoms with E-state index in [1.807, 2.05) is 32.0 Å². The fraction of sp³-hybridized carbons (Fsp3) is 0.111. The Bertz CT molecular complexity index is 881. The van der Waals surface area contributed by atoms with E-state index in [0.29, 0.717) is 11.4 Å². The molecule has 128 valence electrons. The number of halogens is 2. The highest BCUT2D eigenvalue weighted by Crippen LogP contribution is 2.42. The van der Waals surface area contributed by atoms with Crippen LogP contribution in [0, 0.1) is 13.8 Å². The number of urea groups is 1. The minimum atomic E-state index is -0.606. The molecule has 1 aliphatic rings. The largest absolute Gasteiger partial charge is 0.454 e. The molecule has 3 rings (SSSR count). The lowest BCUT2D eigenvalue weighted by Crippen LogP contribution is -2.27. The Morgan fingerprint density at radius 2 is 1.60 bits per heavy atom. The molecule has 7 heteroatoms. The number of rotatable bonds is 3. The van der Waals surface area contributed by atoms with Crippen LogP contribution in [0.2, 0.25) is 10.0 Å². The molecule has 1 fully saturated rings. The van der Waals surface area contributed by atoms with E-state index >= 15 is 0 Å². The lowest BCUT2D eigenvalue weighted by Gasteiger charge is -2.18. The highest BCUT2D eigenvalue weighted by Gasteiger charge is 2.33. The summed E-state index contributed by atoms with van der Waals surface area (Å²) >= 11 is 12.6. The Labute approximate surface area is 154 Å². The van der Waals surface area contributed by atoms with Crippen molar-refractivity contribution in [2.45, 2.75) is 13.8 Å². The summed E-state index contributed by atoms with van der Waals surface area (Å²) in [5.74, 6) is 0.381. The highest BCUT2D eigenvalue weighted by atomic mass is 35.5. The molecular weight excluding hydrogens is 363 g/mol. The molecule has 0 aliphatic carbocycles. The van der Waals surface area contributed by atoms with Crippen LogP contribution in [0.15, 0.2) is 42.6 Å². The topological polar surface area (TPSA) is 58.6 Å². The molecule has 5 nitrogen and oxygen atoms in total. The first-order valence-electron chi connectivity index (χ1n) is 7.37. The van der Waals surface area contributed by atoms with Crippen LogP contribution in [-0.4, -0.2) is 11.9 Å². The Morgan fingerprint density at radius 1 is 1.04 bits per heavy atom. The minimum Gasteiger partial charge on any atom is -0.454 e. The zero-order chi connectivity index (χ0) is 18.3. The first kappa shape index (κ1) is 17.3. The van der Waals surface area contributed by atoms with E-state index in [2.05, 4.69) is 11.9 Å². The number of anilines is 1. The molecule has 1 N–H and O–H groups in total. The van der Waals surface area contributed by atoms with E-state index < -0.39 is 11.9 Å². The smallest absolute Gasteiger partial charge is 0.333 e. The number of amides is 3.